The molecule has 2 aromatic rings. The van der Waals surface area contributed by atoms with E-state index in [0.29, 0.717) is 17.9 Å². The van der Waals surface area contributed by atoms with Gasteiger partial charge in [0.05, 0.1) is 13.0 Å². The predicted molar refractivity (Wildman–Crippen MR) is 90.0 cm³/mol. The van der Waals surface area contributed by atoms with Crippen LogP contribution in [0.3, 0.4) is 0 Å². The van der Waals surface area contributed by atoms with Gasteiger partial charge in [-0.3, -0.25) is 9.59 Å². The standard InChI is InChI=1S/C19H19NO4/c1-24-12-14-6-4-5-13(9-14)10-18(21)20-11-16(19(22)23)15-7-2-3-8-17(15)20/h2-9,16H,10-12H2,1H3,(H,22,23)/t16-/m0/s1. The molecule has 0 spiro atoms. The van der Waals surface area contributed by atoms with E-state index in [-0.39, 0.29) is 18.9 Å². The second-order valence-electron chi connectivity index (χ2n) is 5.88. The van der Waals surface area contributed by atoms with E-state index in [0.717, 1.165) is 11.1 Å². The number of methoxy groups -OCH3 is 1. The van der Waals surface area contributed by atoms with Crippen LogP contribution in [0.5, 0.6) is 0 Å². The number of fused-ring (bicyclic) bond motifs is 1. The summed E-state index contributed by atoms with van der Waals surface area (Å²) < 4.78 is 5.11. The van der Waals surface area contributed by atoms with Gasteiger partial charge in [0.2, 0.25) is 5.91 Å². The quantitative estimate of drug-likeness (QED) is 0.917. The highest BCUT2D eigenvalue weighted by molar-refractivity contribution is 5.99. The van der Waals surface area contributed by atoms with Crippen molar-refractivity contribution >= 4 is 17.6 Å². The van der Waals surface area contributed by atoms with Gasteiger partial charge in [0, 0.05) is 19.3 Å². The third kappa shape index (κ3) is 3.16. The summed E-state index contributed by atoms with van der Waals surface area (Å²) in [6.45, 7) is 0.681. The fraction of sp³-hybridized carbons (Fsp3) is 0.263. The molecular formula is C19H19NO4. The molecule has 1 amide bonds. The first-order chi connectivity index (χ1) is 11.6. The van der Waals surface area contributed by atoms with Crippen molar-refractivity contribution in [3.05, 3.63) is 65.2 Å². The molecule has 0 saturated carbocycles. The SMILES string of the molecule is COCc1cccc(CC(=O)N2C[C@H](C(=O)O)c3ccccc32)c1. The van der Waals surface area contributed by atoms with Gasteiger partial charge in [0.1, 0.15) is 5.92 Å². The Morgan fingerprint density at radius 3 is 2.67 bits per heavy atom. The van der Waals surface area contributed by atoms with Crippen molar-refractivity contribution in [3.63, 3.8) is 0 Å². The number of nitrogens with zero attached hydrogens (tertiary/aromatic N) is 1. The molecule has 1 aliphatic heterocycles. The van der Waals surface area contributed by atoms with Crippen LogP contribution in [-0.4, -0.2) is 30.6 Å². The van der Waals surface area contributed by atoms with E-state index in [4.69, 9.17) is 4.74 Å². The third-order valence-electron chi connectivity index (χ3n) is 4.23. The number of carboxylic acids is 1. The lowest BCUT2D eigenvalue weighted by molar-refractivity contribution is -0.138. The Bertz CT molecular complexity index is 771. The van der Waals surface area contributed by atoms with Crippen LogP contribution in [0.4, 0.5) is 5.69 Å². The highest BCUT2D eigenvalue weighted by atomic mass is 16.5. The molecule has 1 heterocycles. The van der Waals surface area contributed by atoms with Crippen LogP contribution in [0.15, 0.2) is 48.5 Å². The Labute approximate surface area is 140 Å². The van der Waals surface area contributed by atoms with Crippen molar-refractivity contribution < 1.29 is 19.4 Å². The third-order valence-corrected chi connectivity index (χ3v) is 4.23. The van der Waals surface area contributed by atoms with Gasteiger partial charge >= 0.3 is 5.97 Å². The number of rotatable bonds is 5. The van der Waals surface area contributed by atoms with Crippen LogP contribution in [0.25, 0.3) is 0 Å². The number of anilines is 1. The van der Waals surface area contributed by atoms with Crippen LogP contribution in [0.2, 0.25) is 0 Å². The summed E-state index contributed by atoms with van der Waals surface area (Å²) in [6, 6.07) is 14.9. The van der Waals surface area contributed by atoms with E-state index in [1.807, 2.05) is 30.3 Å². The summed E-state index contributed by atoms with van der Waals surface area (Å²) in [5.41, 5.74) is 3.30. The topological polar surface area (TPSA) is 66.8 Å². The molecule has 0 saturated heterocycles. The van der Waals surface area contributed by atoms with Gasteiger partial charge < -0.3 is 14.7 Å². The van der Waals surface area contributed by atoms with Gasteiger partial charge in [-0.15, -0.1) is 0 Å². The average Bonchev–Trinajstić information content (AvgIpc) is 2.95. The number of carbonyl (C=O) groups is 2. The fourth-order valence-corrected chi connectivity index (χ4v) is 3.12. The molecule has 1 atom stereocenters. The van der Waals surface area contributed by atoms with Gasteiger partial charge in [0.25, 0.3) is 0 Å². The Morgan fingerprint density at radius 2 is 1.92 bits per heavy atom. The number of ether oxygens (including phenoxy) is 1. The van der Waals surface area contributed by atoms with E-state index in [1.54, 1.807) is 30.2 Å². The molecule has 0 fully saturated rings. The van der Waals surface area contributed by atoms with Crippen LogP contribution < -0.4 is 4.90 Å². The van der Waals surface area contributed by atoms with Crippen molar-refractivity contribution in [2.45, 2.75) is 18.9 Å². The van der Waals surface area contributed by atoms with Gasteiger partial charge in [-0.05, 0) is 22.8 Å². The fourth-order valence-electron chi connectivity index (χ4n) is 3.12. The molecule has 2 aromatic carbocycles. The lowest BCUT2D eigenvalue weighted by Crippen LogP contribution is -2.32. The average molecular weight is 325 g/mol. The summed E-state index contributed by atoms with van der Waals surface area (Å²) in [5, 5.41) is 9.39. The summed E-state index contributed by atoms with van der Waals surface area (Å²) in [5.74, 6) is -1.66. The number of aliphatic carboxylic acids is 1. The number of amides is 1. The molecule has 1 N–H and O–H groups in total. The normalized spacial score (nSPS) is 16.0. The maximum Gasteiger partial charge on any atom is 0.312 e. The molecular weight excluding hydrogens is 306 g/mol. The lowest BCUT2D eigenvalue weighted by Gasteiger charge is -2.17. The minimum atomic E-state index is -0.903. The Balaban J connectivity index is 1.81. The first-order valence-corrected chi connectivity index (χ1v) is 7.79. The number of para-hydroxylation sites is 1. The zero-order valence-corrected chi connectivity index (χ0v) is 13.4. The Hall–Kier alpha value is -2.66. The second kappa shape index (κ2) is 6.84. The first-order valence-electron chi connectivity index (χ1n) is 7.79. The van der Waals surface area contributed by atoms with Crippen molar-refractivity contribution in [1.29, 1.82) is 0 Å². The van der Waals surface area contributed by atoms with Crippen molar-refractivity contribution in [3.8, 4) is 0 Å². The van der Waals surface area contributed by atoms with E-state index in [9.17, 15) is 14.7 Å². The smallest absolute Gasteiger partial charge is 0.312 e. The molecule has 0 radical (unpaired) electrons. The maximum absolute atomic E-state index is 12.7. The number of hydrogen-bond donors (Lipinski definition) is 1. The van der Waals surface area contributed by atoms with Crippen molar-refractivity contribution in [2.75, 3.05) is 18.6 Å². The number of benzene rings is 2. The minimum Gasteiger partial charge on any atom is -0.481 e. The summed E-state index contributed by atoms with van der Waals surface area (Å²) in [7, 11) is 1.63. The summed E-state index contributed by atoms with van der Waals surface area (Å²) in [4.78, 5) is 25.8. The number of carboxylic acid groups (broad SMARTS) is 1. The molecule has 1 aliphatic rings. The zero-order valence-electron chi connectivity index (χ0n) is 13.4. The molecule has 124 valence electrons. The molecule has 0 bridgehead atoms. The molecule has 0 unspecified atom stereocenters. The first kappa shape index (κ1) is 16.2. The van der Waals surface area contributed by atoms with Gasteiger partial charge in [-0.25, -0.2) is 0 Å². The molecule has 24 heavy (non-hydrogen) atoms. The molecule has 5 nitrogen and oxygen atoms in total. The van der Waals surface area contributed by atoms with E-state index >= 15 is 0 Å². The van der Waals surface area contributed by atoms with Crippen LogP contribution in [0, 0.1) is 0 Å². The lowest BCUT2D eigenvalue weighted by atomic mass is 10.0. The number of carbonyl (C=O) groups excluding carboxylic acids is 1. The molecule has 5 heteroatoms. The Morgan fingerprint density at radius 1 is 1.17 bits per heavy atom. The summed E-state index contributed by atoms with van der Waals surface area (Å²) in [6.07, 6.45) is 0.234. The van der Waals surface area contributed by atoms with E-state index in [2.05, 4.69) is 0 Å². The van der Waals surface area contributed by atoms with Crippen LogP contribution in [-0.2, 0) is 27.4 Å². The van der Waals surface area contributed by atoms with Gasteiger partial charge in [0.15, 0.2) is 0 Å². The zero-order chi connectivity index (χ0) is 17.1. The van der Waals surface area contributed by atoms with Crippen LogP contribution >= 0.6 is 0 Å². The Kier molecular flexibility index (Phi) is 4.62. The number of hydrogen-bond acceptors (Lipinski definition) is 3. The predicted octanol–water partition coefficient (Wildman–Crippen LogP) is 2.59. The van der Waals surface area contributed by atoms with Crippen molar-refractivity contribution in [1.82, 2.24) is 0 Å². The maximum atomic E-state index is 12.7. The largest absolute Gasteiger partial charge is 0.481 e. The molecule has 0 aromatic heterocycles. The van der Waals surface area contributed by atoms with E-state index < -0.39 is 11.9 Å². The van der Waals surface area contributed by atoms with Gasteiger partial charge in [-0.1, -0.05) is 42.5 Å². The monoisotopic (exact) mass is 325 g/mol. The molecule has 0 aliphatic carbocycles. The molecule has 3 rings (SSSR count). The minimum absolute atomic E-state index is 0.0965. The van der Waals surface area contributed by atoms with E-state index in [1.165, 1.54) is 0 Å². The van der Waals surface area contributed by atoms with Gasteiger partial charge in [-0.2, -0.15) is 0 Å². The second-order valence-corrected chi connectivity index (χ2v) is 5.88. The highest BCUT2D eigenvalue weighted by Gasteiger charge is 2.36. The summed E-state index contributed by atoms with van der Waals surface area (Å²) >= 11 is 0. The van der Waals surface area contributed by atoms with Crippen LogP contribution in [0.1, 0.15) is 22.6 Å². The highest BCUT2D eigenvalue weighted by Crippen LogP contribution is 2.36. The van der Waals surface area contributed by atoms with Crippen molar-refractivity contribution in [2.24, 2.45) is 0 Å².